The van der Waals surface area contributed by atoms with Crippen molar-refractivity contribution < 1.29 is 15.2 Å². The van der Waals surface area contributed by atoms with Crippen LogP contribution in [-0.2, 0) is 0 Å². The fraction of sp³-hybridized carbons (Fsp3) is 0.538. The summed E-state index contributed by atoms with van der Waals surface area (Å²) in [6.45, 7) is 4.77. The highest BCUT2D eigenvalue weighted by atomic mass is 16.6. The Morgan fingerprint density at radius 1 is 1.40 bits per heavy atom. The van der Waals surface area contributed by atoms with E-state index in [0.717, 1.165) is 0 Å². The molecule has 0 aliphatic carbocycles. The molecule has 1 aromatic rings. The maximum Gasteiger partial charge on any atom is 0.334 e. The SMILES string of the molecule is CCNc1ccc([N+](O)(CC)CCCO)c([N+](=O)[O-])c1. The summed E-state index contributed by atoms with van der Waals surface area (Å²) < 4.78 is -0.552. The van der Waals surface area contributed by atoms with Crippen LogP contribution in [-0.4, -0.2) is 41.5 Å². The number of rotatable bonds is 8. The lowest BCUT2D eigenvalue weighted by molar-refractivity contribution is -0.385. The maximum atomic E-state index is 11.2. The van der Waals surface area contributed by atoms with Crippen LogP contribution in [0.1, 0.15) is 20.3 Å². The third kappa shape index (κ3) is 3.66. The number of nitrogens with one attached hydrogen (secondary N) is 1. The minimum atomic E-state index is -0.552. The zero-order valence-corrected chi connectivity index (χ0v) is 11.9. The van der Waals surface area contributed by atoms with Crippen LogP contribution in [0, 0.1) is 10.1 Å². The Bertz CT molecular complexity index is 467. The van der Waals surface area contributed by atoms with Gasteiger partial charge in [0.15, 0.2) is 0 Å². The van der Waals surface area contributed by atoms with E-state index >= 15 is 0 Å². The van der Waals surface area contributed by atoms with Crippen molar-refractivity contribution in [3.8, 4) is 0 Å². The maximum absolute atomic E-state index is 11.2. The van der Waals surface area contributed by atoms with Crippen molar-refractivity contribution in [2.24, 2.45) is 0 Å². The first-order chi connectivity index (χ1) is 9.48. The van der Waals surface area contributed by atoms with E-state index in [2.05, 4.69) is 5.32 Å². The Balaban J connectivity index is 3.23. The quantitative estimate of drug-likeness (QED) is 0.386. The molecule has 0 aliphatic heterocycles. The molecule has 0 spiro atoms. The zero-order chi connectivity index (χ0) is 15.2. The number of quaternary nitrogens is 1. The van der Waals surface area contributed by atoms with E-state index < -0.39 is 9.57 Å². The van der Waals surface area contributed by atoms with Crippen molar-refractivity contribution in [3.05, 3.63) is 28.3 Å². The van der Waals surface area contributed by atoms with Gasteiger partial charge in [-0.05, 0) is 19.9 Å². The largest absolute Gasteiger partial charge is 0.396 e. The third-order valence-corrected chi connectivity index (χ3v) is 3.21. The Kier molecular flexibility index (Phi) is 5.87. The van der Waals surface area contributed by atoms with Gasteiger partial charge in [0, 0.05) is 37.4 Å². The first-order valence-electron chi connectivity index (χ1n) is 6.72. The van der Waals surface area contributed by atoms with E-state index in [1.54, 1.807) is 19.1 Å². The van der Waals surface area contributed by atoms with Gasteiger partial charge in [-0.2, -0.15) is 0 Å². The number of nitro benzene ring substituents is 1. The molecular formula is C13H22N3O4+. The summed E-state index contributed by atoms with van der Waals surface area (Å²) in [5, 5.41) is 33.7. The molecule has 0 fully saturated rings. The van der Waals surface area contributed by atoms with Gasteiger partial charge in [-0.1, -0.05) is 0 Å². The molecule has 1 aromatic carbocycles. The van der Waals surface area contributed by atoms with Crippen LogP contribution in [0.5, 0.6) is 0 Å². The number of hydrogen-bond donors (Lipinski definition) is 3. The lowest BCUT2D eigenvalue weighted by Crippen LogP contribution is -2.47. The molecule has 112 valence electrons. The fourth-order valence-corrected chi connectivity index (χ4v) is 2.12. The molecule has 0 aliphatic rings. The van der Waals surface area contributed by atoms with Crippen LogP contribution in [0.2, 0.25) is 0 Å². The van der Waals surface area contributed by atoms with Crippen LogP contribution in [0.4, 0.5) is 17.1 Å². The van der Waals surface area contributed by atoms with Gasteiger partial charge in [0.2, 0.25) is 5.69 Å². The monoisotopic (exact) mass is 284 g/mol. The number of aliphatic hydroxyl groups excluding tert-OH is 1. The summed E-state index contributed by atoms with van der Waals surface area (Å²) in [6.07, 6.45) is 0.371. The van der Waals surface area contributed by atoms with Crippen molar-refractivity contribution in [2.75, 3.05) is 31.6 Å². The lowest BCUT2D eigenvalue weighted by Gasteiger charge is -2.27. The summed E-state index contributed by atoms with van der Waals surface area (Å²) in [6, 6.07) is 4.71. The molecule has 1 atom stereocenters. The van der Waals surface area contributed by atoms with Crippen LogP contribution in [0.3, 0.4) is 0 Å². The number of hydrogen-bond acceptors (Lipinski definition) is 5. The van der Waals surface area contributed by atoms with E-state index in [-0.39, 0.29) is 24.5 Å². The minimum absolute atomic E-state index is 0.0656. The van der Waals surface area contributed by atoms with Crippen molar-refractivity contribution in [2.45, 2.75) is 20.3 Å². The molecule has 0 aromatic heterocycles. The average Bonchev–Trinajstić information content (AvgIpc) is 2.45. The van der Waals surface area contributed by atoms with E-state index in [9.17, 15) is 15.3 Å². The van der Waals surface area contributed by atoms with E-state index in [0.29, 0.717) is 25.2 Å². The first-order valence-corrected chi connectivity index (χ1v) is 6.72. The highest BCUT2D eigenvalue weighted by Gasteiger charge is 2.34. The predicted octanol–water partition coefficient (Wildman–Crippen LogP) is 2.13. The van der Waals surface area contributed by atoms with Gasteiger partial charge in [0.05, 0.1) is 4.92 Å². The number of benzene rings is 1. The van der Waals surface area contributed by atoms with Crippen LogP contribution in [0.25, 0.3) is 0 Å². The Morgan fingerprint density at radius 3 is 2.60 bits per heavy atom. The number of anilines is 1. The van der Waals surface area contributed by atoms with Crippen molar-refractivity contribution in [3.63, 3.8) is 0 Å². The van der Waals surface area contributed by atoms with Crippen molar-refractivity contribution in [1.29, 1.82) is 0 Å². The summed E-state index contributed by atoms with van der Waals surface area (Å²) >= 11 is 0. The van der Waals surface area contributed by atoms with E-state index in [1.807, 2.05) is 6.92 Å². The minimum Gasteiger partial charge on any atom is -0.396 e. The molecule has 3 N–H and O–H groups in total. The fourth-order valence-electron chi connectivity index (χ4n) is 2.12. The van der Waals surface area contributed by atoms with Gasteiger partial charge in [-0.15, -0.1) is 4.65 Å². The molecule has 1 rings (SSSR count). The lowest BCUT2D eigenvalue weighted by atomic mass is 10.2. The molecule has 0 radical (unpaired) electrons. The Hall–Kier alpha value is -1.70. The Morgan fingerprint density at radius 2 is 2.10 bits per heavy atom. The van der Waals surface area contributed by atoms with Crippen LogP contribution >= 0.6 is 0 Å². The molecule has 1 unspecified atom stereocenters. The predicted molar refractivity (Wildman–Crippen MR) is 78.0 cm³/mol. The summed E-state index contributed by atoms with van der Waals surface area (Å²) in [5.41, 5.74) is 0.770. The molecule has 20 heavy (non-hydrogen) atoms. The molecule has 7 heteroatoms. The molecule has 7 nitrogen and oxygen atoms in total. The van der Waals surface area contributed by atoms with Gasteiger partial charge >= 0.3 is 5.69 Å². The number of hydroxylamine groups is 2. The van der Waals surface area contributed by atoms with Crippen molar-refractivity contribution in [1.82, 2.24) is 4.65 Å². The smallest absolute Gasteiger partial charge is 0.334 e. The van der Waals surface area contributed by atoms with Gasteiger partial charge in [-0.3, -0.25) is 10.1 Å². The number of nitro groups is 1. The average molecular weight is 284 g/mol. The highest BCUT2D eigenvalue weighted by Crippen LogP contribution is 2.34. The van der Waals surface area contributed by atoms with Gasteiger partial charge < -0.3 is 10.4 Å². The van der Waals surface area contributed by atoms with E-state index in [1.165, 1.54) is 6.07 Å². The van der Waals surface area contributed by atoms with Gasteiger partial charge in [0.1, 0.15) is 13.1 Å². The molecular weight excluding hydrogens is 262 g/mol. The standard InChI is InChI=1S/C13H22N3O4/c1-3-14-11-6-7-13(12(10-11)15(18)19)16(20,4-2)8-5-9-17/h6-7,10,14,17,20H,3-5,8-9H2,1-2H3/q+1. The molecule has 0 heterocycles. The van der Waals surface area contributed by atoms with Gasteiger partial charge in [0.25, 0.3) is 0 Å². The normalized spacial score (nSPS) is 13.8. The highest BCUT2D eigenvalue weighted by molar-refractivity contribution is 5.66. The molecule has 0 saturated carbocycles. The topological polar surface area (TPSA) is 95.6 Å². The van der Waals surface area contributed by atoms with Crippen LogP contribution < -0.4 is 9.96 Å². The Labute approximate surface area is 118 Å². The number of nitrogens with zero attached hydrogens (tertiary/aromatic N) is 2. The zero-order valence-electron chi connectivity index (χ0n) is 11.9. The number of aliphatic hydroxyl groups is 1. The second-order valence-electron chi connectivity index (χ2n) is 4.53. The second-order valence-corrected chi connectivity index (χ2v) is 4.53. The van der Waals surface area contributed by atoms with Crippen LogP contribution in [0.15, 0.2) is 18.2 Å². The molecule has 0 bridgehead atoms. The summed E-state index contributed by atoms with van der Waals surface area (Å²) in [4.78, 5) is 10.7. The second kappa shape index (κ2) is 7.18. The summed E-state index contributed by atoms with van der Waals surface area (Å²) in [7, 11) is 0. The summed E-state index contributed by atoms with van der Waals surface area (Å²) in [5.74, 6) is 0. The molecule has 0 saturated heterocycles. The molecule has 0 amide bonds. The van der Waals surface area contributed by atoms with Crippen molar-refractivity contribution >= 4 is 17.1 Å². The first kappa shape index (κ1) is 16.4. The van der Waals surface area contributed by atoms with Gasteiger partial charge in [-0.25, -0.2) is 5.21 Å². The third-order valence-electron chi connectivity index (χ3n) is 3.21. The van der Waals surface area contributed by atoms with E-state index in [4.69, 9.17) is 5.11 Å².